The van der Waals surface area contributed by atoms with E-state index in [0.717, 1.165) is 38.5 Å². The van der Waals surface area contributed by atoms with Gasteiger partial charge in [0, 0.05) is 24.5 Å². The summed E-state index contributed by atoms with van der Waals surface area (Å²) < 4.78 is 0. The van der Waals surface area contributed by atoms with Gasteiger partial charge in [-0.25, -0.2) is 4.79 Å². The van der Waals surface area contributed by atoms with E-state index in [1.165, 1.54) is 0 Å². The zero-order valence-electron chi connectivity index (χ0n) is 17.3. The molecule has 3 saturated carbocycles. The van der Waals surface area contributed by atoms with Gasteiger partial charge in [-0.3, -0.25) is 4.79 Å². The Bertz CT molecular complexity index is 565. The number of nitrogens with one attached hydrogen (secondary N) is 3. The van der Waals surface area contributed by atoms with Crippen molar-refractivity contribution >= 4 is 11.9 Å². The number of carbonyl (C=O) groups is 2. The van der Waals surface area contributed by atoms with Crippen molar-refractivity contribution in [3.63, 3.8) is 0 Å². The number of amides is 3. The Morgan fingerprint density at radius 3 is 2.44 bits per heavy atom. The second-order valence-electron chi connectivity index (χ2n) is 9.45. The molecule has 27 heavy (non-hydrogen) atoms. The summed E-state index contributed by atoms with van der Waals surface area (Å²) >= 11 is 0. The van der Waals surface area contributed by atoms with E-state index in [0.29, 0.717) is 12.6 Å². The number of rotatable bonds is 5. The van der Waals surface area contributed by atoms with Crippen molar-refractivity contribution in [1.29, 1.82) is 0 Å². The second-order valence-corrected chi connectivity index (χ2v) is 9.45. The normalized spacial score (nSPS) is 39.8. The number of carbonyl (C=O) groups excluding carboxylic acids is 2. The van der Waals surface area contributed by atoms with E-state index in [2.05, 4.69) is 29.8 Å². The maximum Gasteiger partial charge on any atom is 0.315 e. The van der Waals surface area contributed by atoms with Gasteiger partial charge in [0.1, 0.15) is 0 Å². The van der Waals surface area contributed by atoms with Crippen LogP contribution in [-0.2, 0) is 4.79 Å². The Morgan fingerprint density at radius 2 is 1.81 bits per heavy atom. The molecule has 7 atom stereocenters. The highest BCUT2D eigenvalue weighted by Crippen LogP contribution is 2.55. The molecule has 0 radical (unpaired) electrons. The van der Waals surface area contributed by atoms with Gasteiger partial charge in [0.25, 0.3) is 0 Å². The Hall–Kier alpha value is -1.30. The molecule has 0 bridgehead atoms. The lowest BCUT2D eigenvalue weighted by molar-refractivity contribution is -0.142. The SMILES string of the molecule is CCNC(=O)NC1CCC2(C)CCC(C(C)C(=O)NC3CC3)C(O)C2C1C. The van der Waals surface area contributed by atoms with Crippen molar-refractivity contribution in [3.05, 3.63) is 0 Å². The third-order valence-corrected chi connectivity index (χ3v) is 7.52. The molecule has 0 aliphatic heterocycles. The molecule has 3 rings (SSSR count). The smallest absolute Gasteiger partial charge is 0.315 e. The van der Waals surface area contributed by atoms with E-state index in [1.807, 2.05) is 13.8 Å². The van der Waals surface area contributed by atoms with E-state index >= 15 is 0 Å². The number of hydrogen-bond donors (Lipinski definition) is 4. The second kappa shape index (κ2) is 7.98. The number of fused-ring (bicyclic) bond motifs is 1. The lowest BCUT2D eigenvalue weighted by atomic mass is 9.52. The quantitative estimate of drug-likeness (QED) is 0.591. The summed E-state index contributed by atoms with van der Waals surface area (Å²) in [5, 5.41) is 20.3. The van der Waals surface area contributed by atoms with Crippen molar-refractivity contribution in [1.82, 2.24) is 16.0 Å². The van der Waals surface area contributed by atoms with Crippen molar-refractivity contribution in [2.45, 2.75) is 84.4 Å². The van der Waals surface area contributed by atoms with Gasteiger partial charge < -0.3 is 21.1 Å². The third-order valence-electron chi connectivity index (χ3n) is 7.52. The van der Waals surface area contributed by atoms with Crippen LogP contribution in [0.3, 0.4) is 0 Å². The lowest BCUT2D eigenvalue weighted by Crippen LogP contribution is -2.59. The fourth-order valence-electron chi connectivity index (χ4n) is 5.63. The fourth-order valence-corrected chi connectivity index (χ4v) is 5.63. The standard InChI is InChI=1S/C21H37N3O3/c1-5-22-20(27)24-16-9-11-21(4)10-8-15(18(25)17(21)13(16)3)12(2)19(26)23-14-6-7-14/h12-18,25H,5-11H2,1-4H3,(H,23,26)(H2,22,24,27). The highest BCUT2D eigenvalue weighted by Gasteiger charge is 2.54. The van der Waals surface area contributed by atoms with Crippen LogP contribution < -0.4 is 16.0 Å². The zero-order chi connectivity index (χ0) is 19.8. The number of hydrogen-bond acceptors (Lipinski definition) is 3. The molecule has 7 unspecified atom stereocenters. The molecule has 0 spiro atoms. The maximum atomic E-state index is 12.6. The Balaban J connectivity index is 1.70. The minimum Gasteiger partial charge on any atom is -0.392 e. The summed E-state index contributed by atoms with van der Waals surface area (Å²) in [5.41, 5.74) is 0.0848. The molecule has 0 aromatic rings. The maximum absolute atomic E-state index is 12.6. The zero-order valence-corrected chi connectivity index (χ0v) is 17.3. The molecule has 4 N–H and O–H groups in total. The molecule has 6 nitrogen and oxygen atoms in total. The van der Waals surface area contributed by atoms with E-state index in [-0.39, 0.29) is 47.1 Å². The Kier molecular flexibility index (Phi) is 6.04. The van der Waals surface area contributed by atoms with E-state index in [4.69, 9.17) is 0 Å². The van der Waals surface area contributed by atoms with Crippen LogP contribution in [0, 0.1) is 29.1 Å². The molecule has 154 valence electrons. The molecule has 0 saturated heterocycles. The predicted octanol–water partition coefficient (Wildman–Crippen LogP) is 2.41. The molecule has 3 fully saturated rings. The summed E-state index contributed by atoms with van der Waals surface area (Å²) in [5.74, 6) is 0.197. The minimum absolute atomic E-state index is 0.00695. The average molecular weight is 380 g/mol. The number of aliphatic hydroxyl groups excluding tert-OH is 1. The molecule has 3 amide bonds. The van der Waals surface area contributed by atoms with Gasteiger partial charge in [-0.05, 0) is 68.6 Å². The van der Waals surface area contributed by atoms with Crippen molar-refractivity contribution in [2.75, 3.05) is 6.54 Å². The van der Waals surface area contributed by atoms with Gasteiger partial charge in [0.05, 0.1) is 6.10 Å². The van der Waals surface area contributed by atoms with Crippen LogP contribution in [0.1, 0.15) is 66.2 Å². The molecule has 0 aromatic carbocycles. The van der Waals surface area contributed by atoms with Gasteiger partial charge in [-0.1, -0.05) is 20.8 Å². The summed E-state index contributed by atoms with van der Waals surface area (Å²) in [6.07, 6.45) is 5.55. The highest BCUT2D eigenvalue weighted by atomic mass is 16.3. The Labute approximate surface area is 163 Å². The van der Waals surface area contributed by atoms with Crippen LogP contribution in [0.15, 0.2) is 0 Å². The summed E-state index contributed by atoms with van der Waals surface area (Å²) in [6.45, 7) is 8.91. The summed E-state index contributed by atoms with van der Waals surface area (Å²) in [6, 6.07) is 0.292. The van der Waals surface area contributed by atoms with Crippen LogP contribution in [-0.4, -0.2) is 41.8 Å². The first-order valence-electron chi connectivity index (χ1n) is 10.8. The third kappa shape index (κ3) is 4.25. The highest BCUT2D eigenvalue weighted by molar-refractivity contribution is 5.79. The molecular formula is C21H37N3O3. The minimum atomic E-state index is -0.502. The molecule has 0 aromatic heterocycles. The van der Waals surface area contributed by atoms with Gasteiger partial charge >= 0.3 is 6.03 Å². The van der Waals surface area contributed by atoms with Crippen molar-refractivity contribution < 1.29 is 14.7 Å². The topological polar surface area (TPSA) is 90.5 Å². The van der Waals surface area contributed by atoms with Crippen LogP contribution in [0.5, 0.6) is 0 Å². The monoisotopic (exact) mass is 379 g/mol. The van der Waals surface area contributed by atoms with Gasteiger partial charge in [-0.2, -0.15) is 0 Å². The van der Waals surface area contributed by atoms with E-state index < -0.39 is 6.10 Å². The summed E-state index contributed by atoms with van der Waals surface area (Å²) in [7, 11) is 0. The average Bonchev–Trinajstić information content (AvgIpc) is 3.41. The van der Waals surface area contributed by atoms with Gasteiger partial charge in [0.2, 0.25) is 5.91 Å². The van der Waals surface area contributed by atoms with E-state index in [1.54, 1.807) is 0 Å². The first-order valence-corrected chi connectivity index (χ1v) is 10.8. The molecule has 3 aliphatic carbocycles. The first kappa shape index (κ1) is 20.4. The fraction of sp³-hybridized carbons (Fsp3) is 0.905. The van der Waals surface area contributed by atoms with Crippen LogP contribution in [0.25, 0.3) is 0 Å². The van der Waals surface area contributed by atoms with Crippen LogP contribution in [0.4, 0.5) is 4.79 Å². The number of urea groups is 1. The predicted molar refractivity (Wildman–Crippen MR) is 105 cm³/mol. The largest absolute Gasteiger partial charge is 0.392 e. The van der Waals surface area contributed by atoms with Gasteiger partial charge in [-0.15, -0.1) is 0 Å². The van der Waals surface area contributed by atoms with Crippen molar-refractivity contribution in [3.8, 4) is 0 Å². The van der Waals surface area contributed by atoms with Crippen LogP contribution in [0.2, 0.25) is 0 Å². The molecular weight excluding hydrogens is 342 g/mol. The summed E-state index contributed by atoms with van der Waals surface area (Å²) in [4.78, 5) is 24.6. The first-order chi connectivity index (χ1) is 12.8. The Morgan fingerprint density at radius 1 is 1.15 bits per heavy atom. The lowest BCUT2D eigenvalue weighted by Gasteiger charge is -2.56. The van der Waals surface area contributed by atoms with Crippen LogP contribution >= 0.6 is 0 Å². The molecule has 3 aliphatic rings. The van der Waals surface area contributed by atoms with Crippen molar-refractivity contribution in [2.24, 2.45) is 29.1 Å². The molecule has 6 heteroatoms. The van der Waals surface area contributed by atoms with Gasteiger partial charge in [0.15, 0.2) is 0 Å². The number of aliphatic hydroxyl groups is 1. The van der Waals surface area contributed by atoms with E-state index in [9.17, 15) is 14.7 Å². The molecule has 0 heterocycles.